The third kappa shape index (κ3) is 3.24. The molecule has 1 aromatic rings. The van der Waals surface area contributed by atoms with Crippen LogP contribution in [-0.2, 0) is 0 Å². The van der Waals surface area contributed by atoms with Crippen molar-refractivity contribution in [2.75, 3.05) is 0 Å². The Morgan fingerprint density at radius 3 is 2.53 bits per heavy atom. The SMILES string of the molecule is C=Cc1cc(Cl)ccc1/C=C(\C)C(C)C. The van der Waals surface area contributed by atoms with Crippen molar-refractivity contribution in [3.63, 3.8) is 0 Å². The molecule has 0 aliphatic rings. The molecule has 0 nitrogen and oxygen atoms in total. The molecular weight excluding hydrogens is 204 g/mol. The number of hydrogen-bond donors (Lipinski definition) is 0. The lowest BCUT2D eigenvalue weighted by molar-refractivity contribution is 0.776. The van der Waals surface area contributed by atoms with Crippen LogP contribution in [0.1, 0.15) is 31.9 Å². The van der Waals surface area contributed by atoms with Crippen molar-refractivity contribution in [2.45, 2.75) is 20.8 Å². The molecule has 0 amide bonds. The smallest absolute Gasteiger partial charge is 0.0412 e. The van der Waals surface area contributed by atoms with Gasteiger partial charge in [-0.25, -0.2) is 0 Å². The molecule has 0 saturated carbocycles. The zero-order chi connectivity index (χ0) is 11.4. The molecule has 0 aliphatic carbocycles. The molecule has 0 radical (unpaired) electrons. The molecule has 0 bridgehead atoms. The zero-order valence-electron chi connectivity index (χ0n) is 9.55. The summed E-state index contributed by atoms with van der Waals surface area (Å²) in [6.45, 7) is 10.3. The number of rotatable bonds is 3. The summed E-state index contributed by atoms with van der Waals surface area (Å²) >= 11 is 5.93. The van der Waals surface area contributed by atoms with Crippen molar-refractivity contribution in [1.29, 1.82) is 0 Å². The normalized spacial score (nSPS) is 11.9. The highest BCUT2D eigenvalue weighted by Crippen LogP contribution is 2.21. The van der Waals surface area contributed by atoms with Gasteiger partial charge in [0.25, 0.3) is 0 Å². The van der Waals surface area contributed by atoms with Crippen LogP contribution in [0.4, 0.5) is 0 Å². The van der Waals surface area contributed by atoms with Crippen molar-refractivity contribution in [3.05, 3.63) is 46.5 Å². The molecule has 15 heavy (non-hydrogen) atoms. The molecule has 0 N–H and O–H groups in total. The summed E-state index contributed by atoms with van der Waals surface area (Å²) < 4.78 is 0. The first-order chi connectivity index (χ1) is 7.04. The van der Waals surface area contributed by atoms with Crippen molar-refractivity contribution in [3.8, 4) is 0 Å². The van der Waals surface area contributed by atoms with Crippen LogP contribution >= 0.6 is 11.6 Å². The van der Waals surface area contributed by atoms with E-state index in [0.29, 0.717) is 5.92 Å². The van der Waals surface area contributed by atoms with Crippen LogP contribution in [0.3, 0.4) is 0 Å². The predicted molar refractivity (Wildman–Crippen MR) is 70.0 cm³/mol. The van der Waals surface area contributed by atoms with E-state index >= 15 is 0 Å². The van der Waals surface area contributed by atoms with E-state index < -0.39 is 0 Å². The average Bonchev–Trinajstić information content (AvgIpc) is 2.20. The summed E-state index contributed by atoms with van der Waals surface area (Å²) in [4.78, 5) is 0. The van der Waals surface area contributed by atoms with Gasteiger partial charge in [0, 0.05) is 5.02 Å². The highest BCUT2D eigenvalue weighted by Gasteiger charge is 2.00. The summed E-state index contributed by atoms with van der Waals surface area (Å²) in [7, 11) is 0. The lowest BCUT2D eigenvalue weighted by Crippen LogP contribution is -1.89. The molecule has 0 atom stereocenters. The summed E-state index contributed by atoms with van der Waals surface area (Å²) in [5.41, 5.74) is 3.63. The predicted octanol–water partition coefficient (Wildman–Crippen LogP) is 5.04. The second-order valence-electron chi connectivity index (χ2n) is 4.02. The molecule has 0 fully saturated rings. The maximum atomic E-state index is 5.93. The van der Waals surface area contributed by atoms with E-state index in [1.807, 2.05) is 24.3 Å². The Morgan fingerprint density at radius 1 is 1.33 bits per heavy atom. The summed E-state index contributed by atoms with van der Waals surface area (Å²) in [5.74, 6) is 0.568. The van der Waals surface area contributed by atoms with Crippen LogP contribution in [-0.4, -0.2) is 0 Å². The van der Waals surface area contributed by atoms with E-state index in [1.165, 1.54) is 11.1 Å². The molecule has 1 heteroatoms. The fourth-order valence-electron chi connectivity index (χ4n) is 1.27. The Kier molecular flexibility index (Phi) is 4.16. The van der Waals surface area contributed by atoms with Gasteiger partial charge in [-0.3, -0.25) is 0 Å². The van der Waals surface area contributed by atoms with Crippen LogP contribution in [0, 0.1) is 5.92 Å². The van der Waals surface area contributed by atoms with Crippen LogP contribution < -0.4 is 0 Å². The number of halogens is 1. The van der Waals surface area contributed by atoms with Gasteiger partial charge in [0.15, 0.2) is 0 Å². The van der Waals surface area contributed by atoms with Gasteiger partial charge in [-0.15, -0.1) is 0 Å². The molecule has 0 heterocycles. The Morgan fingerprint density at radius 2 is 2.00 bits per heavy atom. The van der Waals surface area contributed by atoms with Gasteiger partial charge in [0.1, 0.15) is 0 Å². The van der Waals surface area contributed by atoms with E-state index in [4.69, 9.17) is 11.6 Å². The minimum absolute atomic E-state index is 0.568. The first-order valence-corrected chi connectivity index (χ1v) is 5.52. The molecule has 0 spiro atoms. The monoisotopic (exact) mass is 220 g/mol. The minimum atomic E-state index is 0.568. The van der Waals surface area contributed by atoms with Gasteiger partial charge < -0.3 is 0 Å². The number of allylic oxidation sites excluding steroid dienone is 1. The molecule has 0 saturated heterocycles. The standard InChI is InChI=1S/C14H17Cl/c1-5-12-9-14(15)7-6-13(12)8-11(4)10(2)3/h5-10H,1H2,2-4H3/b11-8+. The third-order valence-electron chi connectivity index (χ3n) is 2.56. The maximum absolute atomic E-state index is 5.93. The van der Waals surface area contributed by atoms with Gasteiger partial charge in [-0.05, 0) is 36.1 Å². The van der Waals surface area contributed by atoms with Crippen LogP contribution in [0.2, 0.25) is 5.02 Å². The topological polar surface area (TPSA) is 0 Å². The summed E-state index contributed by atoms with van der Waals surface area (Å²) in [5, 5.41) is 0.754. The minimum Gasteiger partial charge on any atom is -0.0984 e. The molecule has 0 unspecified atom stereocenters. The largest absolute Gasteiger partial charge is 0.0984 e. The Balaban J connectivity index is 3.15. The van der Waals surface area contributed by atoms with E-state index in [-0.39, 0.29) is 0 Å². The highest BCUT2D eigenvalue weighted by molar-refractivity contribution is 6.30. The Hall–Kier alpha value is -1.01. The molecule has 0 aromatic heterocycles. The van der Waals surface area contributed by atoms with E-state index in [1.54, 1.807) is 0 Å². The molecule has 80 valence electrons. The molecule has 0 aliphatic heterocycles. The second kappa shape index (κ2) is 5.18. The number of benzene rings is 1. The first-order valence-electron chi connectivity index (χ1n) is 5.14. The average molecular weight is 221 g/mol. The zero-order valence-corrected chi connectivity index (χ0v) is 10.3. The lowest BCUT2D eigenvalue weighted by Gasteiger charge is -2.07. The van der Waals surface area contributed by atoms with Crippen molar-refractivity contribution in [2.24, 2.45) is 5.92 Å². The lowest BCUT2D eigenvalue weighted by atomic mass is 9.99. The molecule has 1 aromatic carbocycles. The van der Waals surface area contributed by atoms with Gasteiger partial charge in [0.05, 0.1) is 0 Å². The van der Waals surface area contributed by atoms with E-state index in [2.05, 4.69) is 33.4 Å². The van der Waals surface area contributed by atoms with Crippen LogP contribution in [0.5, 0.6) is 0 Å². The van der Waals surface area contributed by atoms with Gasteiger partial charge in [0.2, 0.25) is 0 Å². The third-order valence-corrected chi connectivity index (χ3v) is 2.80. The fraction of sp³-hybridized carbons (Fsp3) is 0.286. The van der Waals surface area contributed by atoms with Crippen molar-refractivity contribution < 1.29 is 0 Å². The van der Waals surface area contributed by atoms with Gasteiger partial charge in [-0.1, -0.05) is 55.8 Å². The highest BCUT2D eigenvalue weighted by atomic mass is 35.5. The fourth-order valence-corrected chi connectivity index (χ4v) is 1.45. The van der Waals surface area contributed by atoms with Crippen molar-refractivity contribution >= 4 is 23.8 Å². The van der Waals surface area contributed by atoms with E-state index in [9.17, 15) is 0 Å². The summed E-state index contributed by atoms with van der Waals surface area (Å²) in [6.07, 6.45) is 4.03. The van der Waals surface area contributed by atoms with Gasteiger partial charge in [-0.2, -0.15) is 0 Å². The van der Waals surface area contributed by atoms with Gasteiger partial charge >= 0.3 is 0 Å². The van der Waals surface area contributed by atoms with Crippen molar-refractivity contribution in [1.82, 2.24) is 0 Å². The van der Waals surface area contributed by atoms with E-state index in [0.717, 1.165) is 10.6 Å². The molecular formula is C14H17Cl. The van der Waals surface area contributed by atoms with Crippen LogP contribution in [0.25, 0.3) is 12.2 Å². The number of hydrogen-bond acceptors (Lipinski definition) is 0. The first kappa shape index (κ1) is 12.1. The Labute approximate surface area is 97.3 Å². The maximum Gasteiger partial charge on any atom is 0.0412 e. The Bertz CT molecular complexity index is 386. The van der Waals surface area contributed by atoms with Crippen LogP contribution in [0.15, 0.2) is 30.4 Å². The quantitative estimate of drug-likeness (QED) is 0.669. The molecule has 1 rings (SSSR count). The summed E-state index contributed by atoms with van der Waals surface area (Å²) in [6, 6.07) is 5.88. The second-order valence-corrected chi connectivity index (χ2v) is 4.46.